The summed E-state index contributed by atoms with van der Waals surface area (Å²) in [6.07, 6.45) is 1.79. The average molecular weight is 250 g/mol. The Hall–Kier alpha value is -1.26. The van der Waals surface area contributed by atoms with E-state index in [0.717, 1.165) is 31.6 Å². The number of rotatable bonds is 4. The molecule has 18 heavy (non-hydrogen) atoms. The van der Waals surface area contributed by atoms with Crippen molar-refractivity contribution in [3.8, 4) is 0 Å². The van der Waals surface area contributed by atoms with Crippen molar-refractivity contribution < 1.29 is 9.47 Å². The molecule has 0 saturated carbocycles. The van der Waals surface area contributed by atoms with Crippen LogP contribution in [0.1, 0.15) is 12.8 Å². The van der Waals surface area contributed by atoms with Crippen LogP contribution < -0.4 is 10.2 Å². The maximum absolute atomic E-state index is 5.50. The van der Waals surface area contributed by atoms with Crippen molar-refractivity contribution in [1.29, 1.82) is 0 Å². The third-order valence-corrected chi connectivity index (χ3v) is 3.77. The number of piperidine rings is 1. The van der Waals surface area contributed by atoms with Gasteiger partial charge in [-0.2, -0.15) is 0 Å². The van der Waals surface area contributed by atoms with Gasteiger partial charge in [0.25, 0.3) is 0 Å². The van der Waals surface area contributed by atoms with Gasteiger partial charge in [0.2, 0.25) is 0 Å². The summed E-state index contributed by atoms with van der Waals surface area (Å²) in [6, 6.07) is 8.47. The molecule has 1 aliphatic rings. The Morgan fingerprint density at radius 2 is 1.83 bits per heavy atom. The minimum Gasteiger partial charge on any atom is -0.388 e. The van der Waals surface area contributed by atoms with Crippen LogP contribution in [0.4, 0.5) is 11.4 Å². The van der Waals surface area contributed by atoms with E-state index in [1.165, 1.54) is 5.69 Å². The summed E-state index contributed by atoms with van der Waals surface area (Å²) in [5.41, 5.74) is 2.39. The van der Waals surface area contributed by atoms with Crippen molar-refractivity contribution in [3.05, 3.63) is 24.3 Å². The highest BCUT2D eigenvalue weighted by molar-refractivity contribution is 5.58. The topological polar surface area (TPSA) is 33.7 Å². The molecule has 2 rings (SSSR count). The lowest BCUT2D eigenvalue weighted by Crippen LogP contribution is -2.46. The number of ether oxygens (including phenoxy) is 2. The van der Waals surface area contributed by atoms with Crippen LogP contribution in [0.3, 0.4) is 0 Å². The normalized spacial score (nSPS) is 18.7. The van der Waals surface area contributed by atoms with Crippen LogP contribution in [0.15, 0.2) is 24.3 Å². The number of hydrogen-bond donors (Lipinski definition) is 1. The molecule has 0 aromatic heterocycles. The number of nitrogens with one attached hydrogen (secondary N) is 1. The molecule has 0 radical (unpaired) electrons. The van der Waals surface area contributed by atoms with Crippen LogP contribution in [-0.2, 0) is 9.47 Å². The first kappa shape index (κ1) is 13.2. The van der Waals surface area contributed by atoms with Gasteiger partial charge in [-0.05, 0) is 18.2 Å². The summed E-state index contributed by atoms with van der Waals surface area (Å²) >= 11 is 0. The Morgan fingerprint density at radius 1 is 1.17 bits per heavy atom. The van der Waals surface area contributed by atoms with Gasteiger partial charge in [0.1, 0.15) is 0 Å². The fourth-order valence-electron chi connectivity index (χ4n) is 2.46. The molecule has 0 unspecified atom stereocenters. The highest BCUT2D eigenvalue weighted by Gasteiger charge is 2.34. The lowest BCUT2D eigenvalue weighted by atomic mass is 10.0. The minimum atomic E-state index is -0.392. The molecule has 1 aromatic rings. The molecule has 0 atom stereocenters. The van der Waals surface area contributed by atoms with Crippen LogP contribution in [0.25, 0.3) is 0 Å². The largest absolute Gasteiger partial charge is 0.388 e. The van der Waals surface area contributed by atoms with Crippen LogP contribution in [-0.4, -0.2) is 40.1 Å². The summed E-state index contributed by atoms with van der Waals surface area (Å²) in [5.74, 6) is -0.392. The highest BCUT2D eigenvalue weighted by atomic mass is 16.7. The van der Waals surface area contributed by atoms with Crippen molar-refractivity contribution in [2.45, 2.75) is 18.6 Å². The van der Waals surface area contributed by atoms with Gasteiger partial charge < -0.3 is 19.7 Å². The van der Waals surface area contributed by atoms with Crippen LogP contribution in [0.2, 0.25) is 0 Å². The predicted octanol–water partition coefficient (Wildman–Crippen LogP) is 2.32. The van der Waals surface area contributed by atoms with Gasteiger partial charge in [-0.25, -0.2) is 0 Å². The molecule has 4 nitrogen and oxygen atoms in total. The molecule has 4 heteroatoms. The van der Waals surface area contributed by atoms with Gasteiger partial charge in [0, 0.05) is 58.6 Å². The second-order valence-corrected chi connectivity index (χ2v) is 4.61. The van der Waals surface area contributed by atoms with Gasteiger partial charge in [-0.15, -0.1) is 0 Å². The second kappa shape index (κ2) is 5.59. The Bertz CT molecular complexity index is 381. The molecule has 100 valence electrons. The Balaban J connectivity index is 2.04. The molecule has 0 spiro atoms. The van der Waals surface area contributed by atoms with Gasteiger partial charge in [-0.3, -0.25) is 0 Å². The van der Waals surface area contributed by atoms with Gasteiger partial charge in [0.05, 0.1) is 0 Å². The third kappa shape index (κ3) is 2.60. The molecule has 0 bridgehead atoms. The first-order valence-electron chi connectivity index (χ1n) is 6.36. The Morgan fingerprint density at radius 3 is 2.39 bits per heavy atom. The molecule has 1 aromatic carbocycles. The fourth-order valence-corrected chi connectivity index (χ4v) is 2.46. The van der Waals surface area contributed by atoms with E-state index < -0.39 is 5.79 Å². The SMILES string of the molecule is CNc1cccc(N2CCC(OC)(OC)CC2)c1. The Labute approximate surface area is 109 Å². The molecule has 0 aliphatic carbocycles. The zero-order valence-electron chi connectivity index (χ0n) is 11.4. The summed E-state index contributed by atoms with van der Waals surface area (Å²) in [7, 11) is 5.39. The van der Waals surface area contributed by atoms with Crippen LogP contribution in [0, 0.1) is 0 Å². The van der Waals surface area contributed by atoms with E-state index in [4.69, 9.17) is 9.47 Å². The summed E-state index contributed by atoms with van der Waals surface area (Å²) < 4.78 is 11.0. The van der Waals surface area contributed by atoms with E-state index in [-0.39, 0.29) is 0 Å². The zero-order valence-corrected chi connectivity index (χ0v) is 11.4. The van der Waals surface area contributed by atoms with Crippen LogP contribution in [0.5, 0.6) is 0 Å². The van der Waals surface area contributed by atoms with E-state index in [1.54, 1.807) is 14.2 Å². The van der Waals surface area contributed by atoms with Crippen molar-refractivity contribution in [2.75, 3.05) is 44.6 Å². The van der Waals surface area contributed by atoms with E-state index >= 15 is 0 Å². The Kier molecular flexibility index (Phi) is 4.09. The molecule has 1 heterocycles. The van der Waals surface area contributed by atoms with Gasteiger partial charge >= 0.3 is 0 Å². The molecule has 1 saturated heterocycles. The lowest BCUT2D eigenvalue weighted by molar-refractivity contribution is -0.216. The molecular formula is C14H22N2O2. The number of anilines is 2. The number of nitrogens with zero attached hydrogens (tertiary/aromatic N) is 1. The first-order chi connectivity index (χ1) is 8.73. The molecule has 1 fully saturated rings. The molecule has 0 amide bonds. The van der Waals surface area contributed by atoms with Crippen molar-refractivity contribution in [2.24, 2.45) is 0 Å². The summed E-state index contributed by atoms with van der Waals surface area (Å²) in [6.45, 7) is 1.91. The number of methoxy groups -OCH3 is 2. The average Bonchev–Trinajstić information content (AvgIpc) is 2.47. The highest BCUT2D eigenvalue weighted by Crippen LogP contribution is 2.30. The second-order valence-electron chi connectivity index (χ2n) is 4.61. The van der Waals surface area contributed by atoms with Gasteiger partial charge in [-0.1, -0.05) is 6.07 Å². The smallest absolute Gasteiger partial charge is 0.170 e. The molecule has 1 N–H and O–H groups in total. The van der Waals surface area contributed by atoms with Crippen molar-refractivity contribution in [3.63, 3.8) is 0 Å². The summed E-state index contributed by atoms with van der Waals surface area (Å²) in [4.78, 5) is 2.37. The lowest BCUT2D eigenvalue weighted by Gasteiger charge is -2.40. The third-order valence-electron chi connectivity index (χ3n) is 3.77. The quantitative estimate of drug-likeness (QED) is 0.832. The molecule has 1 aliphatic heterocycles. The minimum absolute atomic E-state index is 0.392. The molecular weight excluding hydrogens is 228 g/mol. The van der Waals surface area contributed by atoms with Crippen molar-refractivity contribution in [1.82, 2.24) is 0 Å². The summed E-state index contributed by atoms with van der Waals surface area (Å²) in [5, 5.41) is 3.17. The van der Waals surface area contributed by atoms with E-state index in [0.29, 0.717) is 0 Å². The first-order valence-corrected chi connectivity index (χ1v) is 6.36. The number of hydrogen-bond acceptors (Lipinski definition) is 4. The predicted molar refractivity (Wildman–Crippen MR) is 74.2 cm³/mol. The van der Waals surface area contributed by atoms with Crippen molar-refractivity contribution >= 4 is 11.4 Å². The van der Waals surface area contributed by atoms with E-state index in [2.05, 4.69) is 34.5 Å². The fraction of sp³-hybridized carbons (Fsp3) is 0.571. The standard InChI is InChI=1S/C14H22N2O2/c1-15-12-5-4-6-13(11-12)16-9-7-14(17-2,18-3)8-10-16/h4-6,11,15H,7-10H2,1-3H3. The zero-order chi connectivity index (χ0) is 13.0. The van der Waals surface area contributed by atoms with Gasteiger partial charge in [0.15, 0.2) is 5.79 Å². The monoisotopic (exact) mass is 250 g/mol. The van der Waals surface area contributed by atoms with E-state index in [9.17, 15) is 0 Å². The van der Waals surface area contributed by atoms with E-state index in [1.807, 2.05) is 7.05 Å². The maximum Gasteiger partial charge on any atom is 0.170 e. The number of benzene rings is 1. The maximum atomic E-state index is 5.50. The van der Waals surface area contributed by atoms with Crippen LogP contribution >= 0.6 is 0 Å².